The molecule has 0 saturated heterocycles. The van der Waals surface area contributed by atoms with E-state index in [1.54, 1.807) is 19.1 Å². The fraction of sp³-hybridized carbons (Fsp3) is 0.250. The van der Waals surface area contributed by atoms with Crippen LogP contribution >= 0.6 is 11.6 Å². The molecule has 0 unspecified atom stereocenters. The summed E-state index contributed by atoms with van der Waals surface area (Å²) in [5.41, 5.74) is 1.63. The van der Waals surface area contributed by atoms with Crippen LogP contribution in [0.2, 0.25) is 0 Å². The van der Waals surface area contributed by atoms with Crippen LogP contribution in [0.15, 0.2) is 24.3 Å². The standard InChI is InChI=1S/C12H11ClO/c1-10(14)12-7-5-11(6-8-12)4-2-3-9-13/h5-8H,3,9H2,1H3. The minimum absolute atomic E-state index is 0.0743. The molecular weight excluding hydrogens is 196 g/mol. The van der Waals surface area contributed by atoms with Crippen molar-refractivity contribution in [2.45, 2.75) is 13.3 Å². The van der Waals surface area contributed by atoms with Crippen molar-refractivity contribution in [1.29, 1.82) is 0 Å². The molecule has 72 valence electrons. The molecule has 0 amide bonds. The number of rotatable bonds is 2. The summed E-state index contributed by atoms with van der Waals surface area (Å²) in [6, 6.07) is 7.26. The molecule has 0 atom stereocenters. The van der Waals surface area contributed by atoms with E-state index < -0.39 is 0 Å². The molecule has 0 bridgehead atoms. The van der Waals surface area contributed by atoms with E-state index in [-0.39, 0.29) is 5.78 Å². The van der Waals surface area contributed by atoms with Gasteiger partial charge in [-0.25, -0.2) is 0 Å². The zero-order valence-corrected chi connectivity index (χ0v) is 8.77. The summed E-state index contributed by atoms with van der Waals surface area (Å²) in [5, 5.41) is 0. The van der Waals surface area contributed by atoms with E-state index in [0.29, 0.717) is 17.9 Å². The SMILES string of the molecule is CC(=O)c1ccc(C#CCCCl)cc1. The second kappa shape index (κ2) is 5.47. The maximum atomic E-state index is 11.0. The topological polar surface area (TPSA) is 17.1 Å². The number of ketones is 1. The van der Waals surface area contributed by atoms with Gasteiger partial charge < -0.3 is 0 Å². The average Bonchev–Trinajstić information content (AvgIpc) is 2.19. The molecule has 14 heavy (non-hydrogen) atoms. The van der Waals surface area contributed by atoms with E-state index in [1.807, 2.05) is 12.1 Å². The van der Waals surface area contributed by atoms with Gasteiger partial charge in [0.05, 0.1) is 0 Å². The molecule has 0 aliphatic carbocycles. The lowest BCUT2D eigenvalue weighted by molar-refractivity contribution is 0.101. The van der Waals surface area contributed by atoms with E-state index >= 15 is 0 Å². The first kappa shape index (κ1) is 10.8. The highest BCUT2D eigenvalue weighted by Gasteiger charge is 1.96. The fourth-order valence-electron chi connectivity index (χ4n) is 1.00. The minimum Gasteiger partial charge on any atom is -0.295 e. The van der Waals surface area contributed by atoms with Crippen molar-refractivity contribution in [2.24, 2.45) is 0 Å². The lowest BCUT2D eigenvalue weighted by Gasteiger charge is -1.94. The van der Waals surface area contributed by atoms with Crippen LogP contribution in [0.3, 0.4) is 0 Å². The Kier molecular flexibility index (Phi) is 4.22. The largest absolute Gasteiger partial charge is 0.295 e. The van der Waals surface area contributed by atoms with Gasteiger partial charge in [0.25, 0.3) is 0 Å². The average molecular weight is 207 g/mol. The minimum atomic E-state index is 0.0743. The zero-order chi connectivity index (χ0) is 10.4. The number of Topliss-reactive ketones (excluding diaryl/α,β-unsaturated/α-hetero) is 1. The highest BCUT2D eigenvalue weighted by atomic mass is 35.5. The Hall–Kier alpha value is -1.26. The Morgan fingerprint density at radius 3 is 2.50 bits per heavy atom. The third-order valence-corrected chi connectivity index (χ3v) is 1.93. The highest BCUT2D eigenvalue weighted by Crippen LogP contribution is 2.03. The second-order valence-electron chi connectivity index (χ2n) is 2.87. The Bertz CT molecular complexity index is 368. The van der Waals surface area contributed by atoms with Crippen LogP contribution in [0.25, 0.3) is 0 Å². The van der Waals surface area contributed by atoms with E-state index in [9.17, 15) is 4.79 Å². The monoisotopic (exact) mass is 206 g/mol. The molecule has 0 aromatic heterocycles. The van der Waals surface area contributed by atoms with Crippen molar-refractivity contribution in [1.82, 2.24) is 0 Å². The first-order valence-corrected chi connectivity index (χ1v) is 4.93. The molecule has 0 heterocycles. The molecule has 1 nitrogen and oxygen atoms in total. The predicted octanol–water partition coefficient (Wildman–Crippen LogP) is 2.87. The number of alkyl halides is 1. The van der Waals surface area contributed by atoms with E-state index in [2.05, 4.69) is 11.8 Å². The Balaban J connectivity index is 2.75. The van der Waals surface area contributed by atoms with Crippen LogP contribution in [0.4, 0.5) is 0 Å². The van der Waals surface area contributed by atoms with Crippen molar-refractivity contribution in [3.05, 3.63) is 35.4 Å². The van der Waals surface area contributed by atoms with Gasteiger partial charge in [0.15, 0.2) is 5.78 Å². The quantitative estimate of drug-likeness (QED) is 0.413. The number of benzene rings is 1. The maximum absolute atomic E-state index is 11.0. The van der Waals surface area contributed by atoms with E-state index in [4.69, 9.17) is 11.6 Å². The molecule has 0 aliphatic rings. The molecule has 1 aromatic carbocycles. The summed E-state index contributed by atoms with van der Waals surface area (Å²) in [7, 11) is 0. The number of hydrogen-bond donors (Lipinski definition) is 0. The molecule has 1 aromatic rings. The molecule has 2 heteroatoms. The van der Waals surface area contributed by atoms with Gasteiger partial charge in [-0.3, -0.25) is 4.79 Å². The number of hydrogen-bond acceptors (Lipinski definition) is 1. The fourth-order valence-corrected chi connectivity index (χ4v) is 1.09. The van der Waals surface area contributed by atoms with Gasteiger partial charge >= 0.3 is 0 Å². The lowest BCUT2D eigenvalue weighted by Crippen LogP contribution is -1.90. The van der Waals surface area contributed by atoms with Gasteiger partial charge in [-0.1, -0.05) is 24.0 Å². The van der Waals surface area contributed by atoms with Crippen LogP contribution in [-0.2, 0) is 0 Å². The third-order valence-electron chi connectivity index (χ3n) is 1.74. The van der Waals surface area contributed by atoms with Crippen molar-refractivity contribution in [3.8, 4) is 11.8 Å². The van der Waals surface area contributed by atoms with Crippen LogP contribution in [0.1, 0.15) is 29.3 Å². The molecule has 0 aliphatic heterocycles. The van der Waals surface area contributed by atoms with E-state index in [1.165, 1.54) is 0 Å². The summed E-state index contributed by atoms with van der Waals surface area (Å²) in [6.07, 6.45) is 0.690. The Labute approximate surface area is 89.1 Å². The summed E-state index contributed by atoms with van der Waals surface area (Å²) in [4.78, 5) is 11.0. The summed E-state index contributed by atoms with van der Waals surface area (Å²) < 4.78 is 0. The maximum Gasteiger partial charge on any atom is 0.159 e. The van der Waals surface area contributed by atoms with Crippen LogP contribution < -0.4 is 0 Å². The van der Waals surface area contributed by atoms with Gasteiger partial charge in [0.2, 0.25) is 0 Å². The normalized spacial score (nSPS) is 9.00. The molecule has 0 saturated carbocycles. The van der Waals surface area contributed by atoms with Gasteiger partial charge in [-0.05, 0) is 19.1 Å². The number of carbonyl (C=O) groups is 1. The first-order chi connectivity index (χ1) is 6.74. The van der Waals surface area contributed by atoms with Gasteiger partial charge in [0.1, 0.15) is 0 Å². The second-order valence-corrected chi connectivity index (χ2v) is 3.25. The van der Waals surface area contributed by atoms with Gasteiger partial charge in [-0.2, -0.15) is 0 Å². The van der Waals surface area contributed by atoms with Crippen molar-refractivity contribution < 1.29 is 4.79 Å². The molecule has 0 radical (unpaired) electrons. The predicted molar refractivity (Wildman–Crippen MR) is 58.7 cm³/mol. The van der Waals surface area contributed by atoms with Gasteiger partial charge in [0, 0.05) is 23.4 Å². The molecule has 0 N–H and O–H groups in total. The molecule has 0 spiro atoms. The van der Waals surface area contributed by atoms with Crippen LogP contribution in [0.5, 0.6) is 0 Å². The first-order valence-electron chi connectivity index (χ1n) is 4.40. The zero-order valence-electron chi connectivity index (χ0n) is 8.01. The highest BCUT2D eigenvalue weighted by molar-refractivity contribution is 6.18. The summed E-state index contributed by atoms with van der Waals surface area (Å²) >= 11 is 5.49. The summed E-state index contributed by atoms with van der Waals surface area (Å²) in [6.45, 7) is 1.55. The van der Waals surface area contributed by atoms with Crippen molar-refractivity contribution in [3.63, 3.8) is 0 Å². The van der Waals surface area contributed by atoms with E-state index in [0.717, 1.165) is 5.56 Å². The lowest BCUT2D eigenvalue weighted by atomic mass is 10.1. The Morgan fingerprint density at radius 2 is 2.00 bits per heavy atom. The van der Waals surface area contributed by atoms with Gasteiger partial charge in [-0.15, -0.1) is 11.6 Å². The number of halogens is 1. The van der Waals surface area contributed by atoms with Crippen LogP contribution in [-0.4, -0.2) is 11.7 Å². The van der Waals surface area contributed by atoms with Crippen molar-refractivity contribution >= 4 is 17.4 Å². The molecule has 0 fully saturated rings. The number of carbonyl (C=O) groups excluding carboxylic acids is 1. The smallest absolute Gasteiger partial charge is 0.159 e. The Morgan fingerprint density at radius 1 is 1.36 bits per heavy atom. The molecule has 1 rings (SSSR count). The van der Waals surface area contributed by atoms with Crippen LogP contribution in [0, 0.1) is 11.8 Å². The summed E-state index contributed by atoms with van der Waals surface area (Å²) in [5.74, 6) is 6.53. The van der Waals surface area contributed by atoms with Crippen molar-refractivity contribution in [2.75, 3.05) is 5.88 Å². The molecular formula is C12H11ClO. The third kappa shape index (κ3) is 3.24.